The molecule has 2 heterocycles. The van der Waals surface area contributed by atoms with Crippen LogP contribution in [0.1, 0.15) is 0 Å². The van der Waals surface area contributed by atoms with Crippen molar-refractivity contribution in [1.82, 2.24) is 9.29 Å². The first-order valence-electron chi connectivity index (χ1n) is 9.84. The second-order valence-electron chi connectivity index (χ2n) is 6.99. The predicted molar refractivity (Wildman–Crippen MR) is 128 cm³/mol. The third-order valence-electron chi connectivity index (χ3n) is 4.76. The molecule has 1 aromatic heterocycles. The lowest BCUT2D eigenvalue weighted by Crippen LogP contribution is -2.40. The summed E-state index contributed by atoms with van der Waals surface area (Å²) in [5.74, 6) is -0.0444. The molecule has 0 bridgehead atoms. The summed E-state index contributed by atoms with van der Waals surface area (Å²) in [6, 6.07) is 11.2. The highest BCUT2D eigenvalue weighted by atomic mass is 35.5. The molecule has 2 aromatic carbocycles. The Bertz CT molecular complexity index is 1240. The SMILES string of the molecule is O=C(COc1ccc(Cl)cc1Cl)Nc1nc(-c2ccc(S(=O)(=O)N3CCOCC3)cc2)cs1. The minimum absolute atomic E-state index is 0.218. The first-order valence-corrected chi connectivity index (χ1v) is 12.9. The minimum atomic E-state index is -3.56. The number of anilines is 1. The normalized spacial score (nSPS) is 14.7. The molecule has 1 aliphatic rings. The highest BCUT2D eigenvalue weighted by Crippen LogP contribution is 2.28. The summed E-state index contributed by atoms with van der Waals surface area (Å²) < 4.78 is 37.5. The minimum Gasteiger partial charge on any atom is -0.482 e. The summed E-state index contributed by atoms with van der Waals surface area (Å²) >= 11 is 13.1. The van der Waals surface area contributed by atoms with E-state index in [1.54, 1.807) is 41.8 Å². The molecular weight excluding hydrogens is 509 g/mol. The van der Waals surface area contributed by atoms with Gasteiger partial charge in [-0.1, -0.05) is 35.3 Å². The number of carbonyl (C=O) groups excluding carboxylic acids is 1. The van der Waals surface area contributed by atoms with Gasteiger partial charge < -0.3 is 9.47 Å². The third kappa shape index (κ3) is 5.84. The molecule has 1 N–H and O–H groups in total. The van der Waals surface area contributed by atoms with Crippen molar-refractivity contribution < 1.29 is 22.7 Å². The maximum absolute atomic E-state index is 12.7. The summed E-state index contributed by atoms with van der Waals surface area (Å²) in [5, 5.41) is 5.62. The fourth-order valence-corrected chi connectivity index (χ4v) is 5.70. The van der Waals surface area contributed by atoms with E-state index in [9.17, 15) is 13.2 Å². The van der Waals surface area contributed by atoms with Crippen LogP contribution in [-0.2, 0) is 19.6 Å². The average molecular weight is 528 g/mol. The van der Waals surface area contributed by atoms with Crippen LogP contribution in [0.2, 0.25) is 10.0 Å². The molecule has 8 nitrogen and oxygen atoms in total. The molecule has 0 spiro atoms. The van der Waals surface area contributed by atoms with Crippen molar-refractivity contribution >= 4 is 55.6 Å². The van der Waals surface area contributed by atoms with E-state index in [0.717, 1.165) is 5.56 Å². The quantitative estimate of drug-likeness (QED) is 0.495. The number of carbonyl (C=O) groups is 1. The van der Waals surface area contributed by atoms with Gasteiger partial charge in [-0.05, 0) is 30.3 Å². The Morgan fingerprint density at radius 2 is 1.88 bits per heavy atom. The molecule has 1 amide bonds. The van der Waals surface area contributed by atoms with Crippen LogP contribution in [-0.4, -0.2) is 56.5 Å². The molecule has 0 unspecified atom stereocenters. The Labute approximate surface area is 205 Å². The lowest BCUT2D eigenvalue weighted by molar-refractivity contribution is -0.118. The van der Waals surface area contributed by atoms with Crippen molar-refractivity contribution in [3.05, 3.63) is 57.9 Å². The van der Waals surface area contributed by atoms with Gasteiger partial charge in [0.15, 0.2) is 11.7 Å². The van der Waals surface area contributed by atoms with Crippen molar-refractivity contribution in [2.75, 3.05) is 38.2 Å². The molecular formula is C21H19Cl2N3O5S2. The number of nitrogens with one attached hydrogen (secondary N) is 1. The number of rotatable bonds is 7. The lowest BCUT2D eigenvalue weighted by Gasteiger charge is -2.26. The van der Waals surface area contributed by atoms with Crippen LogP contribution in [0.4, 0.5) is 5.13 Å². The average Bonchev–Trinajstić information content (AvgIpc) is 3.27. The standard InChI is InChI=1S/C21H19Cl2N3O5S2/c22-15-3-6-19(17(23)11-15)31-12-20(27)25-21-24-18(13-32-21)14-1-4-16(5-2-14)33(28,29)26-7-9-30-10-8-26/h1-6,11,13H,7-10,12H2,(H,24,25,27). The predicted octanol–water partition coefficient (Wildman–Crippen LogP) is 4.16. The van der Waals surface area contributed by atoms with Crippen molar-refractivity contribution in [3.63, 3.8) is 0 Å². The van der Waals surface area contributed by atoms with Gasteiger partial charge in [-0.15, -0.1) is 11.3 Å². The Morgan fingerprint density at radius 1 is 1.15 bits per heavy atom. The van der Waals surface area contributed by atoms with Crippen molar-refractivity contribution in [3.8, 4) is 17.0 Å². The molecule has 1 aliphatic heterocycles. The summed E-state index contributed by atoms with van der Waals surface area (Å²) in [4.78, 5) is 16.8. The molecule has 1 fully saturated rings. The van der Waals surface area contributed by atoms with E-state index in [4.69, 9.17) is 32.7 Å². The van der Waals surface area contributed by atoms with Crippen molar-refractivity contribution in [2.45, 2.75) is 4.90 Å². The van der Waals surface area contributed by atoms with Crippen LogP contribution in [0, 0.1) is 0 Å². The molecule has 4 rings (SSSR count). The maximum Gasteiger partial charge on any atom is 0.264 e. The Balaban J connectivity index is 1.37. The van der Waals surface area contributed by atoms with Crippen LogP contribution in [0.15, 0.2) is 52.7 Å². The second kappa shape index (κ2) is 10.4. The van der Waals surface area contributed by atoms with Crippen LogP contribution in [0.5, 0.6) is 5.75 Å². The van der Waals surface area contributed by atoms with Crippen LogP contribution >= 0.6 is 34.5 Å². The number of hydrogen-bond donors (Lipinski definition) is 1. The molecule has 33 heavy (non-hydrogen) atoms. The van der Waals surface area contributed by atoms with E-state index in [1.165, 1.54) is 21.7 Å². The van der Waals surface area contributed by atoms with Crippen LogP contribution < -0.4 is 10.1 Å². The van der Waals surface area contributed by atoms with Gasteiger partial charge in [-0.25, -0.2) is 13.4 Å². The van der Waals surface area contributed by atoms with E-state index in [0.29, 0.717) is 52.9 Å². The zero-order valence-electron chi connectivity index (χ0n) is 17.2. The maximum atomic E-state index is 12.7. The van der Waals surface area contributed by atoms with Gasteiger partial charge >= 0.3 is 0 Å². The molecule has 3 aromatic rings. The number of thiazole rings is 1. The number of halogens is 2. The summed E-state index contributed by atoms with van der Waals surface area (Å²) in [6.07, 6.45) is 0. The molecule has 0 saturated carbocycles. The zero-order chi connectivity index (χ0) is 23.4. The lowest BCUT2D eigenvalue weighted by atomic mass is 10.2. The fraction of sp³-hybridized carbons (Fsp3) is 0.238. The van der Waals surface area contributed by atoms with Gasteiger partial charge in [0, 0.05) is 29.1 Å². The van der Waals surface area contributed by atoms with Crippen LogP contribution in [0.25, 0.3) is 11.3 Å². The molecule has 174 valence electrons. The number of nitrogens with zero attached hydrogens (tertiary/aromatic N) is 2. The van der Waals surface area contributed by atoms with E-state index in [1.807, 2.05) is 0 Å². The van der Waals surface area contributed by atoms with E-state index in [-0.39, 0.29) is 11.5 Å². The molecule has 1 saturated heterocycles. The van der Waals surface area contributed by atoms with Gasteiger partial charge in [0.1, 0.15) is 5.75 Å². The van der Waals surface area contributed by atoms with Crippen LogP contribution in [0.3, 0.4) is 0 Å². The Morgan fingerprint density at radius 3 is 2.58 bits per heavy atom. The summed E-state index contributed by atoms with van der Waals surface area (Å²) in [7, 11) is -3.56. The van der Waals surface area contributed by atoms with Gasteiger partial charge in [0.25, 0.3) is 5.91 Å². The Hall–Kier alpha value is -2.21. The number of morpholine rings is 1. The number of aromatic nitrogens is 1. The fourth-order valence-electron chi connectivity index (χ4n) is 3.09. The second-order valence-corrected chi connectivity index (χ2v) is 10.6. The smallest absolute Gasteiger partial charge is 0.264 e. The van der Waals surface area contributed by atoms with E-state index in [2.05, 4.69) is 10.3 Å². The number of sulfonamides is 1. The molecule has 0 aliphatic carbocycles. The summed E-state index contributed by atoms with van der Waals surface area (Å²) in [6.45, 7) is 1.22. The van der Waals surface area contributed by atoms with Gasteiger partial charge in [-0.2, -0.15) is 4.31 Å². The summed E-state index contributed by atoms with van der Waals surface area (Å²) in [5.41, 5.74) is 1.35. The monoisotopic (exact) mass is 527 g/mol. The van der Waals surface area contributed by atoms with Crippen molar-refractivity contribution in [1.29, 1.82) is 0 Å². The molecule has 12 heteroatoms. The largest absolute Gasteiger partial charge is 0.482 e. The first-order chi connectivity index (χ1) is 15.8. The topological polar surface area (TPSA) is 97.8 Å². The Kier molecular flexibility index (Phi) is 7.52. The van der Waals surface area contributed by atoms with Gasteiger partial charge in [0.2, 0.25) is 10.0 Å². The highest BCUT2D eigenvalue weighted by Gasteiger charge is 2.26. The van der Waals surface area contributed by atoms with Crippen molar-refractivity contribution in [2.24, 2.45) is 0 Å². The van der Waals surface area contributed by atoms with E-state index < -0.39 is 15.9 Å². The third-order valence-corrected chi connectivity index (χ3v) is 7.96. The van der Waals surface area contributed by atoms with Gasteiger partial charge in [0.05, 0.1) is 28.8 Å². The number of ether oxygens (including phenoxy) is 2. The number of amides is 1. The number of benzene rings is 2. The van der Waals surface area contributed by atoms with E-state index >= 15 is 0 Å². The molecule has 0 atom stereocenters. The van der Waals surface area contributed by atoms with Gasteiger partial charge in [-0.3, -0.25) is 10.1 Å². The first kappa shape index (κ1) is 23.9. The number of hydrogen-bond acceptors (Lipinski definition) is 7. The highest BCUT2D eigenvalue weighted by molar-refractivity contribution is 7.89. The molecule has 0 radical (unpaired) electrons. The zero-order valence-corrected chi connectivity index (χ0v) is 20.3.